The van der Waals surface area contributed by atoms with Crippen molar-refractivity contribution in [2.75, 3.05) is 5.32 Å². The first-order valence-electron chi connectivity index (χ1n) is 7.79. The van der Waals surface area contributed by atoms with Crippen LogP contribution in [0.2, 0.25) is 5.02 Å². The van der Waals surface area contributed by atoms with Crippen molar-refractivity contribution in [2.24, 2.45) is 0 Å². The van der Waals surface area contributed by atoms with E-state index in [2.05, 4.69) is 17.2 Å². The zero-order chi connectivity index (χ0) is 16.9. The first-order chi connectivity index (χ1) is 11.7. The van der Waals surface area contributed by atoms with Crippen LogP contribution in [-0.2, 0) is 6.42 Å². The van der Waals surface area contributed by atoms with Gasteiger partial charge in [-0.25, -0.2) is 4.98 Å². The number of aryl methyl sites for hydroxylation is 1. The maximum absolute atomic E-state index is 12.4. The molecule has 1 heterocycles. The molecule has 1 amide bonds. The molecule has 0 fully saturated rings. The summed E-state index contributed by atoms with van der Waals surface area (Å²) in [7, 11) is 0. The number of hydrogen-bond donors (Lipinski definition) is 1. The first kappa shape index (κ1) is 16.7. The molecule has 0 bridgehead atoms. The van der Waals surface area contributed by atoms with Gasteiger partial charge in [-0.3, -0.25) is 10.1 Å². The van der Waals surface area contributed by atoms with Crippen molar-refractivity contribution in [2.45, 2.75) is 19.8 Å². The Labute approximate surface area is 150 Å². The average Bonchev–Trinajstić information content (AvgIpc) is 2.98. The summed E-state index contributed by atoms with van der Waals surface area (Å²) in [6.07, 6.45) is 1.97. The minimum absolute atomic E-state index is 0.200. The number of carbonyl (C=O) groups excluding carboxylic acids is 1. The molecule has 5 heteroatoms. The van der Waals surface area contributed by atoms with Gasteiger partial charge in [0.1, 0.15) is 0 Å². The second kappa shape index (κ2) is 7.60. The van der Waals surface area contributed by atoms with E-state index in [9.17, 15) is 4.79 Å². The number of nitrogens with zero attached hydrogens (tertiary/aromatic N) is 1. The fourth-order valence-electron chi connectivity index (χ4n) is 2.42. The molecule has 1 aromatic heterocycles. The largest absolute Gasteiger partial charge is 0.298 e. The van der Waals surface area contributed by atoms with Crippen molar-refractivity contribution in [3.05, 3.63) is 70.1 Å². The molecule has 0 unspecified atom stereocenters. The van der Waals surface area contributed by atoms with Crippen molar-refractivity contribution < 1.29 is 4.79 Å². The second-order valence-electron chi connectivity index (χ2n) is 5.37. The summed E-state index contributed by atoms with van der Waals surface area (Å²) in [5, 5.41) is 4.04. The Bertz CT molecular complexity index is 846. The smallest absolute Gasteiger partial charge is 0.257 e. The summed E-state index contributed by atoms with van der Waals surface area (Å²) in [5.74, 6) is -0.200. The van der Waals surface area contributed by atoms with E-state index in [1.807, 2.05) is 30.3 Å². The van der Waals surface area contributed by atoms with E-state index in [1.165, 1.54) is 16.2 Å². The van der Waals surface area contributed by atoms with Crippen molar-refractivity contribution in [3.63, 3.8) is 0 Å². The number of anilines is 1. The minimum Gasteiger partial charge on any atom is -0.298 e. The van der Waals surface area contributed by atoms with Crippen LogP contribution < -0.4 is 5.32 Å². The molecule has 0 aliphatic heterocycles. The third-order valence-corrected chi connectivity index (χ3v) is 4.79. The highest BCUT2D eigenvalue weighted by atomic mass is 35.5. The Balaban J connectivity index is 1.88. The van der Waals surface area contributed by atoms with Crippen molar-refractivity contribution in [1.29, 1.82) is 0 Å². The third kappa shape index (κ3) is 3.83. The van der Waals surface area contributed by atoms with Crippen LogP contribution in [0.25, 0.3) is 11.3 Å². The lowest BCUT2D eigenvalue weighted by Crippen LogP contribution is -2.11. The van der Waals surface area contributed by atoms with Gasteiger partial charge in [-0.15, -0.1) is 11.3 Å². The third-order valence-electron chi connectivity index (χ3n) is 3.53. The fraction of sp³-hybridized carbons (Fsp3) is 0.158. The SMILES string of the molecule is CCCc1sc(NC(=O)c2cccc(Cl)c2)nc1-c1ccccc1. The van der Waals surface area contributed by atoms with Crippen molar-refractivity contribution >= 4 is 34.0 Å². The summed E-state index contributed by atoms with van der Waals surface area (Å²) in [6, 6.07) is 16.9. The second-order valence-corrected chi connectivity index (χ2v) is 6.89. The number of aromatic nitrogens is 1. The normalized spacial score (nSPS) is 10.6. The predicted molar refractivity (Wildman–Crippen MR) is 101 cm³/mol. The van der Waals surface area contributed by atoms with Crippen LogP contribution in [0.3, 0.4) is 0 Å². The van der Waals surface area contributed by atoms with Crippen molar-refractivity contribution in [3.8, 4) is 11.3 Å². The van der Waals surface area contributed by atoms with Gasteiger partial charge in [-0.1, -0.05) is 61.3 Å². The minimum atomic E-state index is -0.200. The van der Waals surface area contributed by atoms with Gasteiger partial charge in [0.2, 0.25) is 0 Å². The van der Waals surface area contributed by atoms with Gasteiger partial charge >= 0.3 is 0 Å². The van der Waals surface area contributed by atoms with E-state index in [-0.39, 0.29) is 5.91 Å². The molecule has 0 aliphatic rings. The van der Waals surface area contributed by atoms with Crippen LogP contribution in [0.5, 0.6) is 0 Å². The van der Waals surface area contributed by atoms with E-state index in [0.29, 0.717) is 15.7 Å². The standard InChI is InChI=1S/C19H17ClN2OS/c1-2-7-16-17(13-8-4-3-5-9-13)21-19(24-16)22-18(23)14-10-6-11-15(20)12-14/h3-6,8-12H,2,7H2,1H3,(H,21,22,23). The summed E-state index contributed by atoms with van der Waals surface area (Å²) in [4.78, 5) is 18.2. The predicted octanol–water partition coefficient (Wildman–Crippen LogP) is 5.67. The topological polar surface area (TPSA) is 42.0 Å². The zero-order valence-corrected chi connectivity index (χ0v) is 14.8. The van der Waals surface area contributed by atoms with E-state index < -0.39 is 0 Å². The van der Waals surface area contributed by atoms with Crippen LogP contribution in [0.15, 0.2) is 54.6 Å². The number of benzene rings is 2. The molecule has 0 spiro atoms. The highest BCUT2D eigenvalue weighted by molar-refractivity contribution is 7.16. The molecule has 0 saturated heterocycles. The van der Waals surface area contributed by atoms with E-state index in [0.717, 1.165) is 24.1 Å². The van der Waals surface area contributed by atoms with Gasteiger partial charge in [0, 0.05) is 21.0 Å². The molecule has 122 valence electrons. The van der Waals surface area contributed by atoms with Crippen LogP contribution in [0.4, 0.5) is 5.13 Å². The van der Waals surface area contributed by atoms with Crippen LogP contribution in [-0.4, -0.2) is 10.9 Å². The fourth-order valence-corrected chi connectivity index (χ4v) is 3.69. The number of amides is 1. The van der Waals surface area contributed by atoms with Gasteiger partial charge in [0.25, 0.3) is 5.91 Å². The molecule has 1 N–H and O–H groups in total. The Morgan fingerprint density at radius 3 is 2.67 bits per heavy atom. The van der Waals surface area contributed by atoms with Gasteiger partial charge < -0.3 is 0 Å². The van der Waals surface area contributed by atoms with Gasteiger partial charge in [-0.05, 0) is 24.6 Å². The molecule has 2 aromatic carbocycles. The Morgan fingerprint density at radius 1 is 1.17 bits per heavy atom. The van der Waals surface area contributed by atoms with Gasteiger partial charge in [0.05, 0.1) is 5.69 Å². The molecule has 0 radical (unpaired) electrons. The van der Waals surface area contributed by atoms with E-state index in [4.69, 9.17) is 11.6 Å². The first-order valence-corrected chi connectivity index (χ1v) is 8.99. The Morgan fingerprint density at radius 2 is 1.96 bits per heavy atom. The molecular weight excluding hydrogens is 340 g/mol. The maximum Gasteiger partial charge on any atom is 0.257 e. The molecule has 3 nitrogen and oxygen atoms in total. The molecule has 3 aromatic rings. The van der Waals surface area contributed by atoms with Gasteiger partial charge in [0.15, 0.2) is 5.13 Å². The molecule has 24 heavy (non-hydrogen) atoms. The summed E-state index contributed by atoms with van der Waals surface area (Å²) in [5.41, 5.74) is 2.54. The molecule has 0 aliphatic carbocycles. The lowest BCUT2D eigenvalue weighted by molar-refractivity contribution is 0.102. The number of nitrogens with one attached hydrogen (secondary N) is 1. The molecule has 0 atom stereocenters. The Hall–Kier alpha value is -2.17. The number of hydrogen-bond acceptors (Lipinski definition) is 3. The summed E-state index contributed by atoms with van der Waals surface area (Å²) >= 11 is 7.48. The number of carbonyl (C=O) groups is 1. The zero-order valence-electron chi connectivity index (χ0n) is 13.3. The lowest BCUT2D eigenvalue weighted by Gasteiger charge is -2.02. The monoisotopic (exact) mass is 356 g/mol. The van der Waals surface area contributed by atoms with Crippen LogP contribution in [0.1, 0.15) is 28.6 Å². The molecular formula is C19H17ClN2OS. The van der Waals surface area contributed by atoms with Crippen LogP contribution >= 0.6 is 22.9 Å². The highest BCUT2D eigenvalue weighted by Gasteiger charge is 2.15. The van der Waals surface area contributed by atoms with Gasteiger partial charge in [-0.2, -0.15) is 0 Å². The summed E-state index contributed by atoms with van der Waals surface area (Å²) < 4.78 is 0. The average molecular weight is 357 g/mol. The maximum atomic E-state index is 12.4. The number of halogens is 1. The molecule has 0 saturated carbocycles. The van der Waals surface area contributed by atoms with Crippen LogP contribution in [0, 0.1) is 0 Å². The summed E-state index contributed by atoms with van der Waals surface area (Å²) in [6.45, 7) is 2.14. The lowest BCUT2D eigenvalue weighted by atomic mass is 10.1. The Kier molecular flexibility index (Phi) is 5.28. The van der Waals surface area contributed by atoms with E-state index in [1.54, 1.807) is 24.3 Å². The highest BCUT2D eigenvalue weighted by Crippen LogP contribution is 2.32. The number of thiazole rings is 1. The van der Waals surface area contributed by atoms with E-state index >= 15 is 0 Å². The molecule has 3 rings (SSSR count). The van der Waals surface area contributed by atoms with Crippen molar-refractivity contribution in [1.82, 2.24) is 4.98 Å². The quantitative estimate of drug-likeness (QED) is 0.640. The number of rotatable bonds is 5.